The second-order valence-electron chi connectivity index (χ2n) is 6.55. The number of amides is 1. The van der Waals surface area contributed by atoms with Gasteiger partial charge in [-0.15, -0.1) is 0 Å². The number of carbonyl (C=O) groups excluding carboxylic acids is 1. The standard InChI is InChI=1S/C21H18BrN5O4S/c1-30-14-7-8-16(17(9-14)31-2)24-18(28)11-32-21-25-19-15(10-23-26-19)20(29)27(21)13-5-3-12(22)4-6-13/h3-10H,11H2,1-2H3,(H,23,26)(H,24,28). The van der Waals surface area contributed by atoms with Gasteiger partial charge in [-0.05, 0) is 36.4 Å². The van der Waals surface area contributed by atoms with Gasteiger partial charge in [0.25, 0.3) is 5.56 Å². The van der Waals surface area contributed by atoms with Gasteiger partial charge in [-0.2, -0.15) is 5.10 Å². The van der Waals surface area contributed by atoms with Gasteiger partial charge in [-0.25, -0.2) is 4.98 Å². The number of hydrogen-bond donors (Lipinski definition) is 2. The summed E-state index contributed by atoms with van der Waals surface area (Å²) in [7, 11) is 3.07. The molecule has 0 bridgehead atoms. The first-order valence-electron chi connectivity index (χ1n) is 9.37. The Hall–Kier alpha value is -3.31. The third-order valence-electron chi connectivity index (χ3n) is 4.55. The first-order chi connectivity index (χ1) is 15.5. The molecule has 0 spiro atoms. The van der Waals surface area contributed by atoms with Crippen LogP contribution in [0.15, 0.2) is 63.1 Å². The van der Waals surface area contributed by atoms with Crippen LogP contribution in [0.3, 0.4) is 0 Å². The summed E-state index contributed by atoms with van der Waals surface area (Å²) in [4.78, 5) is 30.2. The van der Waals surface area contributed by atoms with Crippen LogP contribution in [0.25, 0.3) is 16.7 Å². The molecule has 4 aromatic rings. The molecule has 2 aromatic carbocycles. The topological polar surface area (TPSA) is 111 Å². The van der Waals surface area contributed by atoms with Crippen LogP contribution in [0.5, 0.6) is 11.5 Å². The molecule has 0 aliphatic carbocycles. The molecule has 0 radical (unpaired) electrons. The molecule has 1 amide bonds. The molecular weight excluding hydrogens is 498 g/mol. The number of hydrogen-bond acceptors (Lipinski definition) is 7. The van der Waals surface area contributed by atoms with Crippen LogP contribution in [0, 0.1) is 0 Å². The van der Waals surface area contributed by atoms with E-state index in [2.05, 4.69) is 36.4 Å². The predicted octanol–water partition coefficient (Wildman–Crippen LogP) is 3.62. The van der Waals surface area contributed by atoms with E-state index in [0.29, 0.717) is 39.1 Å². The fourth-order valence-corrected chi connectivity index (χ4v) is 4.08. The Balaban J connectivity index is 1.60. The number of methoxy groups -OCH3 is 2. The van der Waals surface area contributed by atoms with Crippen molar-refractivity contribution in [2.45, 2.75) is 5.16 Å². The molecule has 0 aliphatic rings. The Kier molecular flexibility index (Phi) is 6.47. The van der Waals surface area contributed by atoms with Crippen molar-refractivity contribution in [3.05, 3.63) is 63.5 Å². The van der Waals surface area contributed by atoms with Crippen LogP contribution < -0.4 is 20.3 Å². The molecule has 0 saturated carbocycles. The maximum atomic E-state index is 13.1. The van der Waals surface area contributed by atoms with Gasteiger partial charge in [-0.3, -0.25) is 19.3 Å². The Morgan fingerprint density at radius 1 is 1.19 bits per heavy atom. The van der Waals surface area contributed by atoms with Crippen LogP contribution in [-0.4, -0.2) is 45.6 Å². The molecule has 2 N–H and O–H groups in total. The number of halogens is 1. The minimum Gasteiger partial charge on any atom is -0.497 e. The minimum atomic E-state index is -0.278. The van der Waals surface area contributed by atoms with Gasteiger partial charge in [0, 0.05) is 10.5 Å². The number of aromatic amines is 1. The molecule has 2 aromatic heterocycles. The predicted molar refractivity (Wildman–Crippen MR) is 126 cm³/mol. The average molecular weight is 516 g/mol. The number of nitrogens with zero attached hydrogens (tertiary/aromatic N) is 3. The van der Waals surface area contributed by atoms with Gasteiger partial charge in [0.1, 0.15) is 16.9 Å². The fraction of sp³-hybridized carbons (Fsp3) is 0.143. The number of nitrogens with one attached hydrogen (secondary N) is 2. The van der Waals surface area contributed by atoms with E-state index in [-0.39, 0.29) is 17.2 Å². The summed E-state index contributed by atoms with van der Waals surface area (Å²) in [6.45, 7) is 0. The zero-order valence-electron chi connectivity index (χ0n) is 17.1. The van der Waals surface area contributed by atoms with E-state index >= 15 is 0 Å². The number of rotatable bonds is 7. The van der Waals surface area contributed by atoms with Crippen LogP contribution >= 0.6 is 27.7 Å². The highest BCUT2D eigenvalue weighted by Crippen LogP contribution is 2.29. The number of carbonyl (C=O) groups is 1. The highest BCUT2D eigenvalue weighted by atomic mass is 79.9. The van der Waals surface area contributed by atoms with Crippen molar-refractivity contribution < 1.29 is 14.3 Å². The molecule has 0 aliphatic heterocycles. The number of anilines is 1. The van der Waals surface area contributed by atoms with E-state index in [1.807, 2.05) is 12.1 Å². The smallest absolute Gasteiger partial charge is 0.269 e. The van der Waals surface area contributed by atoms with Gasteiger partial charge in [-0.1, -0.05) is 27.7 Å². The van der Waals surface area contributed by atoms with Crippen molar-refractivity contribution in [3.63, 3.8) is 0 Å². The molecule has 0 fully saturated rings. The number of H-pyrrole nitrogens is 1. The maximum Gasteiger partial charge on any atom is 0.269 e. The van der Waals surface area contributed by atoms with E-state index in [1.54, 1.807) is 37.4 Å². The summed E-state index contributed by atoms with van der Waals surface area (Å²) >= 11 is 4.54. The molecule has 11 heteroatoms. The van der Waals surface area contributed by atoms with Crippen molar-refractivity contribution in [2.24, 2.45) is 0 Å². The zero-order valence-corrected chi connectivity index (χ0v) is 19.5. The summed E-state index contributed by atoms with van der Waals surface area (Å²) in [6, 6.07) is 12.4. The Labute approximate surface area is 195 Å². The van der Waals surface area contributed by atoms with Gasteiger partial charge in [0.15, 0.2) is 10.8 Å². The normalized spacial score (nSPS) is 10.8. The summed E-state index contributed by atoms with van der Waals surface area (Å²) in [5, 5.41) is 10.2. The Morgan fingerprint density at radius 3 is 2.69 bits per heavy atom. The second kappa shape index (κ2) is 9.45. The molecule has 0 saturated heterocycles. The molecule has 164 valence electrons. The molecule has 0 atom stereocenters. The van der Waals surface area contributed by atoms with Crippen LogP contribution in [-0.2, 0) is 4.79 Å². The Morgan fingerprint density at radius 2 is 1.97 bits per heavy atom. The average Bonchev–Trinajstić information content (AvgIpc) is 3.28. The molecule has 4 rings (SSSR count). The lowest BCUT2D eigenvalue weighted by Crippen LogP contribution is -2.22. The first kappa shape index (κ1) is 21.9. The van der Waals surface area contributed by atoms with Gasteiger partial charge < -0.3 is 14.8 Å². The van der Waals surface area contributed by atoms with E-state index in [1.165, 1.54) is 17.9 Å². The van der Waals surface area contributed by atoms with E-state index in [0.717, 1.165) is 16.2 Å². The van der Waals surface area contributed by atoms with Crippen molar-refractivity contribution in [1.29, 1.82) is 0 Å². The lowest BCUT2D eigenvalue weighted by Gasteiger charge is -2.13. The van der Waals surface area contributed by atoms with Crippen molar-refractivity contribution in [2.75, 3.05) is 25.3 Å². The first-order valence-corrected chi connectivity index (χ1v) is 11.1. The number of benzene rings is 2. The largest absolute Gasteiger partial charge is 0.497 e. The SMILES string of the molecule is COc1ccc(NC(=O)CSc2nc3[nH]ncc3c(=O)n2-c2ccc(Br)cc2)c(OC)c1. The molecule has 0 unspecified atom stereocenters. The van der Waals surface area contributed by atoms with Gasteiger partial charge in [0.05, 0.1) is 37.5 Å². The Bertz CT molecular complexity index is 1340. The van der Waals surface area contributed by atoms with E-state index in [9.17, 15) is 9.59 Å². The summed E-state index contributed by atoms with van der Waals surface area (Å²) in [5.41, 5.74) is 1.24. The zero-order chi connectivity index (χ0) is 22.7. The van der Waals surface area contributed by atoms with Gasteiger partial charge >= 0.3 is 0 Å². The highest BCUT2D eigenvalue weighted by molar-refractivity contribution is 9.10. The van der Waals surface area contributed by atoms with Crippen molar-refractivity contribution >= 4 is 50.3 Å². The number of aromatic nitrogens is 4. The highest BCUT2D eigenvalue weighted by Gasteiger charge is 2.17. The third kappa shape index (κ3) is 4.48. The minimum absolute atomic E-state index is 0.0256. The van der Waals surface area contributed by atoms with Crippen LogP contribution in [0.2, 0.25) is 0 Å². The van der Waals surface area contributed by atoms with Gasteiger partial charge in [0.2, 0.25) is 5.91 Å². The summed E-state index contributed by atoms with van der Waals surface area (Å²) in [6.07, 6.45) is 1.44. The monoisotopic (exact) mass is 515 g/mol. The fourth-order valence-electron chi connectivity index (χ4n) is 3.01. The maximum absolute atomic E-state index is 13.1. The molecule has 9 nitrogen and oxygen atoms in total. The third-order valence-corrected chi connectivity index (χ3v) is 6.02. The number of fused-ring (bicyclic) bond motifs is 1. The number of thioether (sulfide) groups is 1. The lowest BCUT2D eigenvalue weighted by molar-refractivity contribution is -0.113. The molecule has 2 heterocycles. The van der Waals surface area contributed by atoms with Crippen molar-refractivity contribution in [1.82, 2.24) is 19.7 Å². The summed E-state index contributed by atoms with van der Waals surface area (Å²) in [5.74, 6) is 0.841. The van der Waals surface area contributed by atoms with Crippen molar-refractivity contribution in [3.8, 4) is 17.2 Å². The van der Waals surface area contributed by atoms with Crippen LogP contribution in [0.4, 0.5) is 5.69 Å². The molecule has 32 heavy (non-hydrogen) atoms. The van der Waals surface area contributed by atoms with E-state index in [4.69, 9.17) is 9.47 Å². The number of ether oxygens (including phenoxy) is 2. The lowest BCUT2D eigenvalue weighted by atomic mass is 10.2. The molecular formula is C21H18BrN5O4S. The second-order valence-corrected chi connectivity index (χ2v) is 8.40. The van der Waals surface area contributed by atoms with E-state index < -0.39 is 0 Å². The van der Waals surface area contributed by atoms with Crippen LogP contribution in [0.1, 0.15) is 0 Å². The summed E-state index contributed by atoms with van der Waals surface area (Å²) < 4.78 is 12.8. The quantitative estimate of drug-likeness (QED) is 0.285.